The van der Waals surface area contributed by atoms with Crippen LogP contribution in [0.3, 0.4) is 0 Å². The smallest absolute Gasteiger partial charge is 0.355 e. The average Bonchev–Trinajstić information content (AvgIpc) is 2.92. The van der Waals surface area contributed by atoms with Gasteiger partial charge in [-0.1, -0.05) is 72.8 Å². The predicted octanol–water partition coefficient (Wildman–Crippen LogP) is 2.74. The first-order chi connectivity index (χ1) is 17.2. The van der Waals surface area contributed by atoms with E-state index in [4.69, 9.17) is 0 Å². The molecule has 5 aromatic rings. The van der Waals surface area contributed by atoms with Gasteiger partial charge in [-0.05, 0) is 54.4 Å². The zero-order chi connectivity index (χ0) is 24.3. The molecule has 5 nitrogen and oxygen atoms in total. The second-order valence-electron chi connectivity index (χ2n) is 7.90. The van der Waals surface area contributed by atoms with Crippen LogP contribution in [0.15, 0.2) is 126 Å². The first kappa shape index (κ1) is 22.5. The van der Waals surface area contributed by atoms with Gasteiger partial charge in [0.05, 0.1) is 5.56 Å². The van der Waals surface area contributed by atoms with E-state index >= 15 is 0 Å². The summed E-state index contributed by atoms with van der Waals surface area (Å²) in [7, 11) is -2.88. The number of aldehydes is 1. The van der Waals surface area contributed by atoms with Gasteiger partial charge in [-0.25, -0.2) is 4.79 Å². The standard InChI is InChI=1S/C29H21N2O3P/c32-21-26-27(30-29(34)31(28(26)33)22-13-5-1-6-14-22)35(23-15-7-2-8-16-23,24-17-9-3-10-18-24)25-19-11-4-12-20-25/h1-21H. The number of carbonyl (C=O) groups is 1. The van der Waals surface area contributed by atoms with Gasteiger partial charge in [-0.3, -0.25) is 9.36 Å². The molecule has 4 aromatic carbocycles. The lowest BCUT2D eigenvalue weighted by Gasteiger charge is -2.29. The number of carbonyl (C=O) groups excluding carboxylic acids is 1. The number of hydrogen-bond acceptors (Lipinski definition) is 4. The van der Waals surface area contributed by atoms with Gasteiger partial charge in [-0.15, -0.1) is 0 Å². The van der Waals surface area contributed by atoms with E-state index in [1.54, 1.807) is 30.3 Å². The van der Waals surface area contributed by atoms with Gasteiger partial charge in [0.15, 0.2) is 13.5 Å². The summed E-state index contributed by atoms with van der Waals surface area (Å²) in [5.41, 5.74) is -0.238. The molecule has 0 aliphatic carbocycles. The van der Waals surface area contributed by atoms with Crippen LogP contribution in [0.5, 0.6) is 5.88 Å². The van der Waals surface area contributed by atoms with Gasteiger partial charge in [-0.2, -0.15) is 4.98 Å². The van der Waals surface area contributed by atoms with Crippen LogP contribution in [0, 0.1) is 0 Å². The highest BCUT2D eigenvalue weighted by Crippen LogP contribution is 2.54. The van der Waals surface area contributed by atoms with Crippen LogP contribution in [-0.4, -0.2) is 15.8 Å². The fraction of sp³-hybridized carbons (Fsp3) is 0. The van der Waals surface area contributed by atoms with Crippen LogP contribution < -0.4 is 32.1 Å². The Labute approximate surface area is 203 Å². The van der Waals surface area contributed by atoms with Crippen molar-refractivity contribution in [3.8, 4) is 11.6 Å². The fourth-order valence-corrected chi connectivity index (χ4v) is 8.67. The molecule has 0 saturated heterocycles. The average molecular weight is 476 g/mol. The van der Waals surface area contributed by atoms with E-state index in [1.807, 2.05) is 91.0 Å². The molecule has 0 unspecified atom stereocenters. The van der Waals surface area contributed by atoms with Crippen molar-refractivity contribution in [2.75, 3.05) is 0 Å². The Morgan fingerprint density at radius 3 is 1.46 bits per heavy atom. The second-order valence-corrected chi connectivity index (χ2v) is 11.2. The molecule has 0 saturated carbocycles. The molecule has 0 radical (unpaired) electrons. The van der Waals surface area contributed by atoms with E-state index in [0.29, 0.717) is 12.0 Å². The summed E-state index contributed by atoms with van der Waals surface area (Å²) in [5.74, 6) is -0.673. The van der Waals surface area contributed by atoms with Crippen LogP contribution >= 0.6 is 7.26 Å². The van der Waals surface area contributed by atoms with E-state index in [0.717, 1.165) is 20.5 Å². The maximum atomic E-state index is 13.7. The largest absolute Gasteiger partial charge is 0.859 e. The second kappa shape index (κ2) is 9.49. The third-order valence-corrected chi connectivity index (χ3v) is 10.1. The molecule has 0 fully saturated rings. The van der Waals surface area contributed by atoms with Gasteiger partial charge >= 0.3 is 5.69 Å². The highest BCUT2D eigenvalue weighted by atomic mass is 31.2. The Hall–Kier alpha value is -4.34. The molecule has 170 valence electrons. The van der Waals surface area contributed by atoms with Gasteiger partial charge in [0, 0.05) is 5.69 Å². The van der Waals surface area contributed by atoms with Crippen LogP contribution in [0.2, 0.25) is 0 Å². The van der Waals surface area contributed by atoms with Crippen molar-refractivity contribution in [2.45, 2.75) is 0 Å². The molecule has 0 amide bonds. The molecule has 0 spiro atoms. The minimum atomic E-state index is -2.88. The Bertz CT molecular complexity index is 1420. The van der Waals surface area contributed by atoms with Crippen molar-refractivity contribution < 1.29 is 9.90 Å². The quantitative estimate of drug-likeness (QED) is 0.279. The molecule has 5 rings (SSSR count). The summed E-state index contributed by atoms with van der Waals surface area (Å²) >= 11 is 0. The molecule has 1 aromatic heterocycles. The first-order valence-corrected chi connectivity index (χ1v) is 12.9. The summed E-state index contributed by atoms with van der Waals surface area (Å²) in [6.45, 7) is 0. The molecule has 6 heteroatoms. The van der Waals surface area contributed by atoms with Gasteiger partial charge in [0.2, 0.25) is 5.44 Å². The van der Waals surface area contributed by atoms with E-state index in [9.17, 15) is 14.7 Å². The molecule has 0 bridgehead atoms. The van der Waals surface area contributed by atoms with E-state index in [1.165, 1.54) is 0 Å². The Morgan fingerprint density at radius 1 is 0.657 bits per heavy atom. The minimum Gasteiger partial charge on any atom is -0.859 e. The molecule has 0 N–H and O–H groups in total. The van der Waals surface area contributed by atoms with Crippen LogP contribution in [-0.2, 0) is 0 Å². The number of rotatable bonds is 6. The Kier molecular flexibility index (Phi) is 6.09. The van der Waals surface area contributed by atoms with Crippen molar-refractivity contribution >= 4 is 34.9 Å². The topological polar surface area (TPSA) is 75.0 Å². The molecular weight excluding hydrogens is 455 g/mol. The van der Waals surface area contributed by atoms with Gasteiger partial charge < -0.3 is 5.11 Å². The number of para-hydroxylation sites is 1. The molecule has 35 heavy (non-hydrogen) atoms. The molecular formula is C29H21N2O3P. The van der Waals surface area contributed by atoms with Crippen molar-refractivity contribution in [1.29, 1.82) is 0 Å². The van der Waals surface area contributed by atoms with Crippen molar-refractivity contribution in [3.05, 3.63) is 137 Å². The zero-order valence-electron chi connectivity index (χ0n) is 18.7. The minimum absolute atomic E-state index is 0.113. The third kappa shape index (κ3) is 3.76. The normalized spacial score (nSPS) is 11.2. The SMILES string of the molecule is O=Cc1c([P+](c2ccccc2)(c2ccccc2)c2ccccc2)nc(=O)n(-c2ccccc2)c1[O-]. The molecule has 0 aliphatic rings. The highest BCUT2D eigenvalue weighted by molar-refractivity contribution is 8.01. The van der Waals surface area contributed by atoms with Crippen molar-refractivity contribution in [1.82, 2.24) is 9.55 Å². The summed E-state index contributed by atoms with van der Waals surface area (Å²) in [6.07, 6.45) is 0.535. The van der Waals surface area contributed by atoms with Crippen LogP contribution in [0.4, 0.5) is 0 Å². The maximum Gasteiger partial charge on any atom is 0.355 e. The molecule has 0 atom stereocenters. The number of nitrogens with zero attached hydrogens (tertiary/aromatic N) is 2. The van der Waals surface area contributed by atoms with Crippen molar-refractivity contribution in [2.24, 2.45) is 0 Å². The molecule has 0 aliphatic heterocycles. The molecule has 1 heterocycles. The van der Waals surface area contributed by atoms with E-state index in [-0.39, 0.29) is 11.0 Å². The lowest BCUT2D eigenvalue weighted by Crippen LogP contribution is -2.45. The van der Waals surface area contributed by atoms with Gasteiger partial charge in [0.25, 0.3) is 0 Å². The summed E-state index contributed by atoms with van der Waals surface area (Å²) in [6, 6.07) is 37.6. The van der Waals surface area contributed by atoms with E-state index < -0.39 is 18.8 Å². The summed E-state index contributed by atoms with van der Waals surface area (Å²) in [5, 5.41) is 16.4. The summed E-state index contributed by atoms with van der Waals surface area (Å²) < 4.78 is 0.961. The Morgan fingerprint density at radius 2 is 1.06 bits per heavy atom. The monoisotopic (exact) mass is 476 g/mol. The number of benzene rings is 4. The number of aromatic nitrogens is 2. The predicted molar refractivity (Wildman–Crippen MR) is 139 cm³/mol. The Balaban J connectivity index is 1.96. The van der Waals surface area contributed by atoms with Crippen LogP contribution in [0.1, 0.15) is 10.4 Å². The highest BCUT2D eigenvalue weighted by Gasteiger charge is 2.51. The summed E-state index contributed by atoms with van der Waals surface area (Å²) in [4.78, 5) is 30.5. The zero-order valence-corrected chi connectivity index (χ0v) is 19.6. The van der Waals surface area contributed by atoms with Crippen LogP contribution in [0.25, 0.3) is 5.69 Å². The lowest BCUT2D eigenvalue weighted by molar-refractivity contribution is -0.278. The van der Waals surface area contributed by atoms with Crippen molar-refractivity contribution in [3.63, 3.8) is 0 Å². The fourth-order valence-electron chi connectivity index (χ4n) is 4.44. The lowest BCUT2D eigenvalue weighted by atomic mass is 10.3. The third-order valence-electron chi connectivity index (χ3n) is 5.95. The van der Waals surface area contributed by atoms with E-state index in [2.05, 4.69) is 4.98 Å². The maximum absolute atomic E-state index is 13.7. The number of hydrogen-bond donors (Lipinski definition) is 0. The van der Waals surface area contributed by atoms with Gasteiger partial charge in [0.1, 0.15) is 15.9 Å². The first-order valence-electron chi connectivity index (χ1n) is 11.1.